The summed E-state index contributed by atoms with van der Waals surface area (Å²) in [6, 6.07) is 0. The van der Waals surface area contributed by atoms with Crippen LogP contribution < -0.4 is 0 Å². The summed E-state index contributed by atoms with van der Waals surface area (Å²) < 4.78 is 10.8. The van der Waals surface area contributed by atoms with Crippen LogP contribution in [0.3, 0.4) is 0 Å². The molecule has 2 atom stereocenters. The van der Waals surface area contributed by atoms with Gasteiger partial charge in [0.25, 0.3) is 0 Å². The highest BCUT2D eigenvalue weighted by molar-refractivity contribution is 8.77. The molecule has 0 saturated heterocycles. The van der Waals surface area contributed by atoms with E-state index in [1.165, 1.54) is 0 Å². The van der Waals surface area contributed by atoms with E-state index in [-0.39, 0.29) is 10.9 Å². The molecule has 0 amide bonds. The monoisotopic (exact) mass is 234 g/mol. The van der Waals surface area contributed by atoms with Crippen LogP contribution in [-0.2, 0) is 9.47 Å². The largest absolute Gasteiger partial charge is 0.363 e. The standard InChI is InChI=1S/C10H18O2S2/c1-5-9(11-7-3)13-14-10(6-2)12-8-4/h5-6,9-10H,1-2,7-8H2,3-4H3. The molecule has 4 heteroatoms. The summed E-state index contributed by atoms with van der Waals surface area (Å²) in [6.45, 7) is 12.7. The Kier molecular flexibility index (Phi) is 9.72. The quantitative estimate of drug-likeness (QED) is 0.345. The van der Waals surface area contributed by atoms with Crippen LogP contribution in [0.1, 0.15) is 13.8 Å². The molecule has 0 aliphatic rings. The van der Waals surface area contributed by atoms with E-state index >= 15 is 0 Å². The minimum atomic E-state index is 0.0212. The van der Waals surface area contributed by atoms with Gasteiger partial charge in [0.05, 0.1) is 0 Å². The van der Waals surface area contributed by atoms with E-state index in [4.69, 9.17) is 9.47 Å². The summed E-state index contributed by atoms with van der Waals surface area (Å²) >= 11 is 0. The van der Waals surface area contributed by atoms with Crippen LogP contribution in [0.15, 0.2) is 25.3 Å². The lowest BCUT2D eigenvalue weighted by Crippen LogP contribution is -2.06. The Morgan fingerprint density at radius 1 is 1.00 bits per heavy atom. The Morgan fingerprint density at radius 2 is 1.36 bits per heavy atom. The molecule has 0 heterocycles. The molecule has 0 saturated carbocycles. The van der Waals surface area contributed by atoms with Crippen molar-refractivity contribution in [3.8, 4) is 0 Å². The molecule has 0 N–H and O–H groups in total. The lowest BCUT2D eigenvalue weighted by molar-refractivity contribution is 0.152. The van der Waals surface area contributed by atoms with E-state index in [2.05, 4.69) is 13.2 Å². The average Bonchev–Trinajstić information content (AvgIpc) is 2.22. The molecule has 0 rings (SSSR count). The smallest absolute Gasteiger partial charge is 0.131 e. The molecule has 0 aromatic carbocycles. The second-order valence-electron chi connectivity index (χ2n) is 2.31. The summed E-state index contributed by atoms with van der Waals surface area (Å²) in [4.78, 5) is 0. The first-order chi connectivity index (χ1) is 6.78. The van der Waals surface area contributed by atoms with Crippen LogP contribution >= 0.6 is 21.6 Å². The third-order valence-corrected chi connectivity index (χ3v) is 3.91. The van der Waals surface area contributed by atoms with Crippen LogP contribution in [0, 0.1) is 0 Å². The molecule has 0 radical (unpaired) electrons. The van der Waals surface area contributed by atoms with E-state index in [9.17, 15) is 0 Å². The summed E-state index contributed by atoms with van der Waals surface area (Å²) in [6.07, 6.45) is 3.57. The van der Waals surface area contributed by atoms with E-state index in [0.717, 1.165) is 0 Å². The van der Waals surface area contributed by atoms with Crippen molar-refractivity contribution in [2.75, 3.05) is 13.2 Å². The first-order valence-corrected chi connectivity index (χ1v) is 6.86. The van der Waals surface area contributed by atoms with E-state index in [0.29, 0.717) is 13.2 Å². The first-order valence-electron chi connectivity index (χ1n) is 4.58. The zero-order chi connectivity index (χ0) is 10.8. The summed E-state index contributed by atoms with van der Waals surface area (Å²) in [5, 5.41) is 0. The normalized spacial score (nSPS) is 14.7. The molecule has 0 aromatic rings. The van der Waals surface area contributed by atoms with Crippen LogP contribution in [0.2, 0.25) is 0 Å². The molecule has 0 aromatic heterocycles. The number of rotatable bonds is 9. The average molecular weight is 234 g/mol. The van der Waals surface area contributed by atoms with Crippen molar-refractivity contribution in [3.05, 3.63) is 25.3 Å². The van der Waals surface area contributed by atoms with Gasteiger partial charge >= 0.3 is 0 Å². The fourth-order valence-electron chi connectivity index (χ4n) is 0.708. The van der Waals surface area contributed by atoms with Crippen molar-refractivity contribution in [2.24, 2.45) is 0 Å². The van der Waals surface area contributed by atoms with Gasteiger partial charge in [-0.15, -0.1) is 0 Å². The fourth-order valence-corrected chi connectivity index (χ4v) is 2.93. The Labute approximate surface area is 94.5 Å². The van der Waals surface area contributed by atoms with Crippen LogP contribution in [-0.4, -0.2) is 24.1 Å². The Bertz CT molecular complexity index is 144. The predicted octanol–water partition coefficient (Wildman–Crippen LogP) is 3.47. The molecule has 0 spiro atoms. The van der Waals surface area contributed by atoms with Crippen molar-refractivity contribution in [1.29, 1.82) is 0 Å². The molecular formula is C10H18O2S2. The van der Waals surface area contributed by atoms with E-state index in [1.54, 1.807) is 33.7 Å². The molecule has 14 heavy (non-hydrogen) atoms. The highest BCUT2D eigenvalue weighted by atomic mass is 33.1. The molecule has 0 fully saturated rings. The Hall–Kier alpha value is 0.1000. The maximum Gasteiger partial charge on any atom is 0.131 e. The maximum atomic E-state index is 5.40. The van der Waals surface area contributed by atoms with Gasteiger partial charge in [-0.1, -0.05) is 46.9 Å². The SMILES string of the molecule is C=CC(OCC)SSC(C=C)OCC. The minimum Gasteiger partial charge on any atom is -0.363 e. The first kappa shape index (κ1) is 14.1. The zero-order valence-corrected chi connectivity index (χ0v) is 10.4. The highest BCUT2D eigenvalue weighted by Crippen LogP contribution is 2.33. The van der Waals surface area contributed by atoms with Crippen molar-refractivity contribution >= 4 is 21.6 Å². The van der Waals surface area contributed by atoms with Gasteiger partial charge in [0.2, 0.25) is 0 Å². The van der Waals surface area contributed by atoms with Crippen LogP contribution in [0.25, 0.3) is 0 Å². The van der Waals surface area contributed by atoms with Gasteiger partial charge < -0.3 is 9.47 Å². The lowest BCUT2D eigenvalue weighted by atomic mass is 10.7. The van der Waals surface area contributed by atoms with Crippen LogP contribution in [0.4, 0.5) is 0 Å². The van der Waals surface area contributed by atoms with Gasteiger partial charge in [-0.05, 0) is 13.8 Å². The van der Waals surface area contributed by atoms with E-state index in [1.807, 2.05) is 13.8 Å². The number of ether oxygens (including phenoxy) is 2. The number of hydrogen-bond acceptors (Lipinski definition) is 4. The van der Waals surface area contributed by atoms with Gasteiger partial charge in [0, 0.05) is 13.2 Å². The minimum absolute atomic E-state index is 0.0212. The topological polar surface area (TPSA) is 18.5 Å². The second-order valence-corrected chi connectivity index (χ2v) is 4.78. The Morgan fingerprint density at radius 3 is 1.57 bits per heavy atom. The molecule has 0 aliphatic carbocycles. The Balaban J connectivity index is 3.74. The van der Waals surface area contributed by atoms with Crippen molar-refractivity contribution in [3.63, 3.8) is 0 Å². The van der Waals surface area contributed by atoms with Gasteiger partial charge in [0.1, 0.15) is 10.9 Å². The molecule has 0 aliphatic heterocycles. The maximum absolute atomic E-state index is 5.40. The second kappa shape index (κ2) is 9.65. The highest BCUT2D eigenvalue weighted by Gasteiger charge is 2.09. The summed E-state index contributed by atoms with van der Waals surface area (Å²) in [5.74, 6) is 0. The van der Waals surface area contributed by atoms with Gasteiger partial charge in [-0.2, -0.15) is 0 Å². The fraction of sp³-hybridized carbons (Fsp3) is 0.600. The third-order valence-electron chi connectivity index (χ3n) is 1.29. The van der Waals surface area contributed by atoms with Crippen LogP contribution in [0.5, 0.6) is 0 Å². The third kappa shape index (κ3) is 6.54. The zero-order valence-electron chi connectivity index (χ0n) is 8.77. The molecule has 2 unspecified atom stereocenters. The van der Waals surface area contributed by atoms with Gasteiger partial charge in [-0.25, -0.2) is 0 Å². The van der Waals surface area contributed by atoms with Gasteiger partial charge in [0.15, 0.2) is 0 Å². The van der Waals surface area contributed by atoms with E-state index < -0.39 is 0 Å². The van der Waals surface area contributed by atoms with Crippen molar-refractivity contribution < 1.29 is 9.47 Å². The van der Waals surface area contributed by atoms with Gasteiger partial charge in [-0.3, -0.25) is 0 Å². The van der Waals surface area contributed by atoms with Crippen molar-refractivity contribution in [2.45, 2.75) is 24.7 Å². The van der Waals surface area contributed by atoms with Crippen molar-refractivity contribution in [1.82, 2.24) is 0 Å². The number of hydrogen-bond donors (Lipinski definition) is 0. The molecule has 2 nitrogen and oxygen atoms in total. The summed E-state index contributed by atoms with van der Waals surface area (Å²) in [7, 11) is 3.20. The molecule has 82 valence electrons. The predicted molar refractivity (Wildman–Crippen MR) is 66.4 cm³/mol. The lowest BCUT2D eigenvalue weighted by Gasteiger charge is -2.15. The molecule has 0 bridgehead atoms. The molecular weight excluding hydrogens is 216 g/mol. The summed E-state index contributed by atoms with van der Waals surface area (Å²) in [5.41, 5.74) is 0.0424.